The number of aliphatic carboxylic acids is 1. The van der Waals surface area contributed by atoms with E-state index in [0.29, 0.717) is 43.0 Å². The Balaban J connectivity index is 1.32. The van der Waals surface area contributed by atoms with Crippen LogP contribution in [0.4, 0.5) is 5.69 Å². The van der Waals surface area contributed by atoms with Crippen LogP contribution in [0.25, 0.3) is 6.08 Å². The normalized spacial score (nSPS) is 15.9. The SMILES string of the molecule is CC(=Cc1ccc(Cc2cccnc2)cc1)COCC(C)(C)CCC(C)OC(=O)C1=C(C)NC(C)=C(C(=O)O)C1c1cccc([N+](=O)[O-])c1. The molecule has 0 spiro atoms. The summed E-state index contributed by atoms with van der Waals surface area (Å²) in [6.07, 6.45) is 7.42. The van der Waals surface area contributed by atoms with Crippen LogP contribution in [0.2, 0.25) is 0 Å². The number of nitro groups is 1. The predicted molar refractivity (Wildman–Crippen MR) is 189 cm³/mol. The minimum Gasteiger partial charge on any atom is -0.478 e. The fraction of sp³-hybridized carbons (Fsp3) is 0.359. The van der Waals surface area contributed by atoms with E-state index in [9.17, 15) is 24.8 Å². The Kier molecular flexibility index (Phi) is 12.3. The van der Waals surface area contributed by atoms with E-state index in [4.69, 9.17) is 9.47 Å². The molecule has 0 saturated carbocycles. The molecular formula is C39H45N3O7. The number of carbonyl (C=O) groups excluding carboxylic acids is 1. The third kappa shape index (κ3) is 10.2. The van der Waals surface area contributed by atoms with Crippen LogP contribution in [0.5, 0.6) is 0 Å². The van der Waals surface area contributed by atoms with Gasteiger partial charge in [-0.25, -0.2) is 9.59 Å². The lowest BCUT2D eigenvalue weighted by atomic mass is 9.80. The van der Waals surface area contributed by atoms with Gasteiger partial charge in [0.05, 0.1) is 41.3 Å². The van der Waals surface area contributed by atoms with Crippen molar-refractivity contribution in [3.63, 3.8) is 0 Å². The minimum absolute atomic E-state index is 0.0637. The van der Waals surface area contributed by atoms with Crippen molar-refractivity contribution in [2.45, 2.75) is 72.8 Å². The number of nitrogens with zero attached hydrogens (tertiary/aromatic N) is 2. The van der Waals surface area contributed by atoms with Crippen LogP contribution in [-0.4, -0.2) is 46.3 Å². The maximum Gasteiger partial charge on any atom is 0.337 e. The van der Waals surface area contributed by atoms with Crippen molar-refractivity contribution in [3.05, 3.63) is 134 Å². The molecule has 1 aromatic heterocycles. The molecule has 2 unspecified atom stereocenters. The van der Waals surface area contributed by atoms with Gasteiger partial charge in [0.1, 0.15) is 0 Å². The number of rotatable bonds is 15. The zero-order valence-electron chi connectivity index (χ0n) is 29.0. The maximum absolute atomic E-state index is 13.6. The summed E-state index contributed by atoms with van der Waals surface area (Å²) in [5.41, 5.74) is 5.39. The Labute approximate surface area is 287 Å². The second-order valence-corrected chi connectivity index (χ2v) is 13.5. The van der Waals surface area contributed by atoms with Gasteiger partial charge < -0.3 is 19.9 Å². The quantitative estimate of drug-likeness (QED) is 0.0945. The monoisotopic (exact) mass is 667 g/mol. The number of allylic oxidation sites excluding steroid dienone is 2. The topological polar surface area (TPSA) is 141 Å². The summed E-state index contributed by atoms with van der Waals surface area (Å²) < 4.78 is 11.9. The molecule has 0 amide bonds. The summed E-state index contributed by atoms with van der Waals surface area (Å²) in [6.45, 7) is 12.3. The number of nitrogens with one attached hydrogen (secondary N) is 1. The number of ether oxygens (including phenoxy) is 2. The highest BCUT2D eigenvalue weighted by Crippen LogP contribution is 2.40. The molecule has 0 fully saturated rings. The molecule has 2 aromatic carbocycles. The number of carboxylic acid groups (broad SMARTS) is 1. The molecule has 1 aliphatic heterocycles. The Hall–Kier alpha value is -5.09. The lowest BCUT2D eigenvalue weighted by Gasteiger charge is -2.31. The molecule has 10 heteroatoms. The lowest BCUT2D eigenvalue weighted by molar-refractivity contribution is -0.384. The summed E-state index contributed by atoms with van der Waals surface area (Å²) in [7, 11) is 0. The Morgan fingerprint density at radius 3 is 2.43 bits per heavy atom. The third-order valence-electron chi connectivity index (χ3n) is 8.51. The van der Waals surface area contributed by atoms with Crippen LogP contribution in [0.15, 0.2) is 101 Å². The molecule has 258 valence electrons. The van der Waals surface area contributed by atoms with Crippen molar-refractivity contribution in [3.8, 4) is 0 Å². The molecule has 3 aromatic rings. The van der Waals surface area contributed by atoms with Crippen LogP contribution >= 0.6 is 0 Å². The first-order valence-electron chi connectivity index (χ1n) is 16.3. The van der Waals surface area contributed by atoms with Crippen molar-refractivity contribution in [2.24, 2.45) is 5.41 Å². The second kappa shape index (κ2) is 16.3. The zero-order chi connectivity index (χ0) is 35.7. The van der Waals surface area contributed by atoms with E-state index < -0.39 is 28.9 Å². The van der Waals surface area contributed by atoms with E-state index >= 15 is 0 Å². The molecule has 10 nitrogen and oxygen atoms in total. The predicted octanol–water partition coefficient (Wildman–Crippen LogP) is 7.76. The third-order valence-corrected chi connectivity index (χ3v) is 8.51. The van der Waals surface area contributed by atoms with Crippen molar-refractivity contribution >= 4 is 23.7 Å². The molecule has 2 heterocycles. The van der Waals surface area contributed by atoms with Gasteiger partial charge in [-0.2, -0.15) is 0 Å². The largest absolute Gasteiger partial charge is 0.478 e. The van der Waals surface area contributed by atoms with Crippen molar-refractivity contribution < 1.29 is 29.1 Å². The summed E-state index contributed by atoms with van der Waals surface area (Å²) >= 11 is 0. The highest BCUT2D eigenvalue weighted by atomic mass is 16.6. The number of nitro benzene ring substituents is 1. The first-order chi connectivity index (χ1) is 23.2. The van der Waals surface area contributed by atoms with E-state index in [2.05, 4.69) is 60.6 Å². The molecule has 0 aliphatic carbocycles. The van der Waals surface area contributed by atoms with Crippen LogP contribution in [-0.2, 0) is 25.5 Å². The first-order valence-corrected chi connectivity index (χ1v) is 16.3. The highest BCUT2D eigenvalue weighted by Gasteiger charge is 2.38. The van der Waals surface area contributed by atoms with Gasteiger partial charge in [0.25, 0.3) is 5.69 Å². The van der Waals surface area contributed by atoms with Gasteiger partial charge in [-0.05, 0) is 86.3 Å². The molecule has 49 heavy (non-hydrogen) atoms. The molecule has 0 saturated heterocycles. The van der Waals surface area contributed by atoms with Crippen molar-refractivity contribution in [2.75, 3.05) is 13.2 Å². The Morgan fingerprint density at radius 1 is 1.06 bits per heavy atom. The fourth-order valence-corrected chi connectivity index (χ4v) is 5.96. The summed E-state index contributed by atoms with van der Waals surface area (Å²) in [6, 6.07) is 18.2. The smallest absolute Gasteiger partial charge is 0.337 e. The number of hydrogen-bond donors (Lipinski definition) is 2. The molecule has 2 N–H and O–H groups in total. The number of non-ortho nitro benzene ring substituents is 1. The van der Waals surface area contributed by atoms with Gasteiger partial charge >= 0.3 is 11.9 Å². The van der Waals surface area contributed by atoms with Gasteiger partial charge in [0.2, 0.25) is 0 Å². The van der Waals surface area contributed by atoms with E-state index in [1.807, 2.05) is 19.2 Å². The van der Waals surface area contributed by atoms with Gasteiger partial charge in [-0.3, -0.25) is 15.1 Å². The van der Waals surface area contributed by atoms with Crippen LogP contribution in [0.1, 0.15) is 82.6 Å². The van der Waals surface area contributed by atoms with Crippen LogP contribution in [0, 0.1) is 15.5 Å². The average molecular weight is 668 g/mol. The average Bonchev–Trinajstić information content (AvgIpc) is 3.04. The standard InChI is InChI=1S/C39H45N3O7/c1-25(19-29-12-14-30(15-13-29)20-31-9-8-18-40-22-31)23-48-24-39(5,6)17-16-26(2)49-38(45)35-28(4)41-27(3)34(37(43)44)36(35)32-10-7-11-33(21-32)42(46)47/h7-15,18-19,21-22,26,36,41H,16-17,20,23-24H2,1-6H3,(H,43,44). The van der Waals surface area contributed by atoms with E-state index in [0.717, 1.165) is 17.6 Å². The van der Waals surface area contributed by atoms with Crippen LogP contribution in [0.3, 0.4) is 0 Å². The van der Waals surface area contributed by atoms with Gasteiger partial charge in [0, 0.05) is 35.9 Å². The van der Waals surface area contributed by atoms with Crippen molar-refractivity contribution in [1.82, 2.24) is 10.3 Å². The van der Waals surface area contributed by atoms with Gasteiger partial charge in [-0.15, -0.1) is 0 Å². The number of dihydropyridines is 1. The molecular weight excluding hydrogens is 622 g/mol. The van der Waals surface area contributed by atoms with Crippen molar-refractivity contribution in [1.29, 1.82) is 0 Å². The number of benzene rings is 2. The van der Waals surface area contributed by atoms with Gasteiger partial charge in [-0.1, -0.05) is 62.4 Å². The maximum atomic E-state index is 13.6. The number of esters is 1. The highest BCUT2D eigenvalue weighted by molar-refractivity contribution is 5.99. The molecule has 0 radical (unpaired) electrons. The number of carbonyl (C=O) groups is 2. The number of hydrogen-bond acceptors (Lipinski definition) is 8. The number of carboxylic acids is 1. The van der Waals surface area contributed by atoms with Crippen LogP contribution < -0.4 is 5.32 Å². The van der Waals surface area contributed by atoms with E-state index in [1.54, 1.807) is 33.0 Å². The summed E-state index contributed by atoms with van der Waals surface area (Å²) in [5, 5.41) is 24.5. The second-order valence-electron chi connectivity index (χ2n) is 13.5. The zero-order valence-corrected chi connectivity index (χ0v) is 29.0. The van der Waals surface area contributed by atoms with Gasteiger partial charge in [0.15, 0.2) is 0 Å². The van der Waals surface area contributed by atoms with E-state index in [1.165, 1.54) is 29.3 Å². The summed E-state index contributed by atoms with van der Waals surface area (Å²) in [4.78, 5) is 41.1. The number of aromatic nitrogens is 1. The number of pyridine rings is 1. The molecule has 0 bridgehead atoms. The minimum atomic E-state index is -1.23. The lowest BCUT2D eigenvalue weighted by Crippen LogP contribution is -2.33. The molecule has 2 atom stereocenters. The Morgan fingerprint density at radius 2 is 1.78 bits per heavy atom. The Bertz CT molecular complexity index is 1760. The fourth-order valence-electron chi connectivity index (χ4n) is 5.96. The molecule has 1 aliphatic rings. The van der Waals surface area contributed by atoms with E-state index in [-0.39, 0.29) is 22.2 Å². The summed E-state index contributed by atoms with van der Waals surface area (Å²) in [5.74, 6) is -2.93. The first kappa shape index (κ1) is 36.7. The molecule has 4 rings (SSSR count).